The predicted molar refractivity (Wildman–Crippen MR) is 163 cm³/mol. The number of amides is 1. The third kappa shape index (κ3) is 7.59. The number of hydrogen-bond donors (Lipinski definition) is 3. The molecule has 16 heteroatoms. The zero-order valence-corrected chi connectivity index (χ0v) is 25.7. The molecule has 11 nitrogen and oxygen atoms in total. The highest BCUT2D eigenvalue weighted by Crippen LogP contribution is 2.37. The molecule has 2 aromatic heterocycles. The van der Waals surface area contributed by atoms with Crippen LogP contribution in [0.15, 0.2) is 58.0 Å². The molecule has 256 valence electrons. The van der Waals surface area contributed by atoms with Crippen molar-refractivity contribution in [3.05, 3.63) is 93.6 Å². The summed E-state index contributed by atoms with van der Waals surface area (Å²) in [5.41, 5.74) is 0.362. The van der Waals surface area contributed by atoms with Crippen LogP contribution in [-0.2, 0) is 23.9 Å². The van der Waals surface area contributed by atoms with Gasteiger partial charge in [-0.15, -0.1) is 5.10 Å². The van der Waals surface area contributed by atoms with Crippen LogP contribution in [0, 0.1) is 17.6 Å². The standard InChI is InChI=1S/C32H34F5N7O4/c33-21-5-6-23(26(34)15-21)24-17-42(10-1-2-28-40-41-31(47)48-28)18-25(24)29(46)39-30-38-9-13-44(30)16-19-3-4-20(32(35,36)37)14-27(19)43-11-7-22(45)8-12-43/h3-6,9,13-15,22,24-25,45H,1-2,7-8,10-12,16-18H2,(H,41,47)(H,38,39,46)/t24-,25+/m0/s1. The van der Waals surface area contributed by atoms with E-state index < -0.39 is 53.0 Å². The summed E-state index contributed by atoms with van der Waals surface area (Å²) < 4.78 is 76.3. The van der Waals surface area contributed by atoms with Crippen LogP contribution in [0.2, 0.25) is 0 Å². The highest BCUT2D eigenvalue weighted by atomic mass is 19.4. The molecule has 2 aromatic carbocycles. The minimum Gasteiger partial charge on any atom is -0.393 e. The van der Waals surface area contributed by atoms with Crippen LogP contribution in [0.5, 0.6) is 0 Å². The second-order valence-electron chi connectivity index (χ2n) is 12.2. The molecule has 48 heavy (non-hydrogen) atoms. The van der Waals surface area contributed by atoms with Gasteiger partial charge in [-0.1, -0.05) is 12.1 Å². The lowest BCUT2D eigenvalue weighted by Crippen LogP contribution is -2.36. The molecule has 2 fully saturated rings. The molecule has 0 saturated carbocycles. The highest BCUT2D eigenvalue weighted by Gasteiger charge is 2.40. The number of rotatable bonds is 10. The van der Waals surface area contributed by atoms with Crippen molar-refractivity contribution < 1.29 is 36.3 Å². The van der Waals surface area contributed by atoms with E-state index in [9.17, 15) is 36.6 Å². The molecule has 2 aliphatic heterocycles. The molecule has 0 aliphatic carbocycles. The maximum atomic E-state index is 15.0. The van der Waals surface area contributed by atoms with E-state index in [4.69, 9.17) is 4.42 Å². The highest BCUT2D eigenvalue weighted by molar-refractivity contribution is 5.92. The number of aromatic nitrogens is 4. The summed E-state index contributed by atoms with van der Waals surface area (Å²) in [5.74, 6) is -3.57. The number of aryl methyl sites for hydroxylation is 1. The van der Waals surface area contributed by atoms with Crippen molar-refractivity contribution in [3.63, 3.8) is 0 Å². The second kappa shape index (κ2) is 13.9. The summed E-state index contributed by atoms with van der Waals surface area (Å²) in [5, 5.41) is 18.8. The normalized spacial score (nSPS) is 19.2. The molecule has 0 bridgehead atoms. The van der Waals surface area contributed by atoms with Gasteiger partial charge >= 0.3 is 11.9 Å². The Labute approximate surface area is 271 Å². The maximum absolute atomic E-state index is 15.0. The van der Waals surface area contributed by atoms with Crippen molar-refractivity contribution in [1.82, 2.24) is 24.6 Å². The smallest absolute Gasteiger partial charge is 0.393 e. The Morgan fingerprint density at radius 1 is 1.10 bits per heavy atom. The summed E-state index contributed by atoms with van der Waals surface area (Å²) in [6.45, 7) is 1.91. The van der Waals surface area contributed by atoms with Crippen LogP contribution in [0.1, 0.15) is 47.8 Å². The number of carbonyl (C=O) groups excluding carboxylic acids is 1. The van der Waals surface area contributed by atoms with Crippen LogP contribution >= 0.6 is 0 Å². The second-order valence-corrected chi connectivity index (χ2v) is 12.2. The number of anilines is 2. The fourth-order valence-corrected chi connectivity index (χ4v) is 6.49. The maximum Gasteiger partial charge on any atom is 0.434 e. The molecule has 2 atom stereocenters. The van der Waals surface area contributed by atoms with E-state index in [1.54, 1.807) is 10.8 Å². The molecule has 0 spiro atoms. The number of aliphatic hydroxyl groups is 1. The van der Waals surface area contributed by atoms with E-state index in [1.807, 2.05) is 9.80 Å². The van der Waals surface area contributed by atoms with Crippen LogP contribution in [0.4, 0.5) is 33.6 Å². The number of nitrogens with one attached hydrogen (secondary N) is 2. The SMILES string of the molecule is O=C(Nc1nccn1Cc1ccc(C(F)(F)F)cc1N1CCC(O)CC1)[C@@H]1CN(CCCc2n[nH]c(=O)o2)C[C@H]1c1ccc(F)cc1F. The van der Waals surface area contributed by atoms with Crippen LogP contribution < -0.4 is 16.0 Å². The lowest BCUT2D eigenvalue weighted by Gasteiger charge is -2.33. The van der Waals surface area contributed by atoms with Gasteiger partial charge in [0.1, 0.15) is 11.6 Å². The largest absolute Gasteiger partial charge is 0.434 e. The van der Waals surface area contributed by atoms with Crippen LogP contribution in [0.25, 0.3) is 0 Å². The van der Waals surface area contributed by atoms with Gasteiger partial charge in [-0.25, -0.2) is 23.7 Å². The summed E-state index contributed by atoms with van der Waals surface area (Å²) >= 11 is 0. The first-order valence-corrected chi connectivity index (χ1v) is 15.6. The molecular weight excluding hydrogens is 641 g/mol. The Bertz CT molecular complexity index is 1800. The van der Waals surface area contributed by atoms with Crippen molar-refractivity contribution >= 4 is 17.5 Å². The number of H-pyrrole nitrogens is 1. The van der Waals surface area contributed by atoms with Gasteiger partial charge in [-0.05, 0) is 55.1 Å². The zero-order valence-electron chi connectivity index (χ0n) is 25.7. The van der Waals surface area contributed by atoms with Gasteiger partial charge < -0.3 is 23.9 Å². The number of aliphatic hydroxyl groups excluding tert-OH is 1. The molecule has 4 aromatic rings. The van der Waals surface area contributed by atoms with Gasteiger partial charge in [0.2, 0.25) is 17.7 Å². The molecule has 2 aliphatic rings. The van der Waals surface area contributed by atoms with E-state index in [2.05, 4.69) is 20.5 Å². The molecule has 0 unspecified atom stereocenters. The molecule has 1 amide bonds. The van der Waals surface area contributed by atoms with Gasteiger partial charge in [0.15, 0.2) is 0 Å². The number of imidazole rings is 1. The van der Waals surface area contributed by atoms with Gasteiger partial charge in [-0.3, -0.25) is 10.1 Å². The topological polar surface area (TPSA) is 133 Å². The van der Waals surface area contributed by atoms with E-state index in [1.165, 1.54) is 18.3 Å². The molecule has 3 N–H and O–H groups in total. The number of nitrogens with zero attached hydrogens (tertiary/aromatic N) is 5. The Kier molecular flexibility index (Phi) is 9.64. The Morgan fingerprint density at radius 2 is 1.90 bits per heavy atom. The molecule has 6 rings (SSSR count). The molecule has 4 heterocycles. The summed E-state index contributed by atoms with van der Waals surface area (Å²) in [6, 6.07) is 6.80. The fourth-order valence-electron chi connectivity index (χ4n) is 6.49. The third-order valence-electron chi connectivity index (χ3n) is 8.95. The van der Waals surface area contributed by atoms with Gasteiger partial charge in [0.25, 0.3) is 0 Å². The number of carbonyl (C=O) groups is 1. The number of hydrogen-bond acceptors (Lipinski definition) is 8. The minimum absolute atomic E-state index is 0.0955. The zero-order chi connectivity index (χ0) is 34.0. The van der Waals surface area contributed by atoms with Gasteiger partial charge in [-0.2, -0.15) is 13.2 Å². The Morgan fingerprint density at radius 3 is 2.60 bits per heavy atom. The van der Waals surface area contributed by atoms with Gasteiger partial charge in [0, 0.05) is 62.7 Å². The number of piperidine rings is 1. The van der Waals surface area contributed by atoms with Gasteiger partial charge in [0.05, 0.1) is 24.1 Å². The average Bonchev–Trinajstić information content (AvgIpc) is 3.78. The fraction of sp³-hybridized carbons (Fsp3) is 0.438. The third-order valence-corrected chi connectivity index (χ3v) is 8.95. The lowest BCUT2D eigenvalue weighted by atomic mass is 9.88. The Hall–Kier alpha value is -4.57. The van der Waals surface area contributed by atoms with Crippen molar-refractivity contribution in [2.75, 3.05) is 42.9 Å². The minimum atomic E-state index is -4.54. The predicted octanol–water partition coefficient (Wildman–Crippen LogP) is 4.15. The lowest BCUT2D eigenvalue weighted by molar-refractivity contribution is -0.137. The summed E-state index contributed by atoms with van der Waals surface area (Å²) in [4.78, 5) is 33.1. The van der Waals surface area contributed by atoms with Crippen molar-refractivity contribution in [2.45, 2.75) is 50.4 Å². The number of halogens is 5. The average molecular weight is 676 g/mol. The van der Waals surface area contributed by atoms with E-state index >= 15 is 0 Å². The van der Waals surface area contributed by atoms with E-state index in [-0.39, 0.29) is 30.5 Å². The van der Waals surface area contributed by atoms with Crippen LogP contribution in [-0.4, -0.2) is 74.5 Å². The van der Waals surface area contributed by atoms with E-state index in [0.29, 0.717) is 63.1 Å². The number of alkyl halides is 3. The first-order valence-electron chi connectivity index (χ1n) is 15.6. The molecule has 0 radical (unpaired) electrons. The number of likely N-dealkylation sites (tertiary alicyclic amines) is 1. The quantitative estimate of drug-likeness (QED) is 0.214. The number of benzene rings is 2. The van der Waals surface area contributed by atoms with Crippen LogP contribution in [0.3, 0.4) is 0 Å². The summed E-state index contributed by atoms with van der Waals surface area (Å²) in [6.07, 6.45) is -0.236. The first-order chi connectivity index (χ1) is 22.9. The van der Waals surface area contributed by atoms with E-state index in [0.717, 1.165) is 24.3 Å². The molecule has 2 saturated heterocycles. The number of aromatic amines is 1. The summed E-state index contributed by atoms with van der Waals surface area (Å²) in [7, 11) is 0. The molecular formula is C32H34F5N7O4. The Balaban J connectivity index is 1.20. The van der Waals surface area contributed by atoms with Crippen molar-refractivity contribution in [2.24, 2.45) is 5.92 Å². The van der Waals surface area contributed by atoms with Crippen molar-refractivity contribution in [3.8, 4) is 0 Å². The first kappa shape index (κ1) is 33.3. The monoisotopic (exact) mass is 675 g/mol. The van der Waals surface area contributed by atoms with Crippen molar-refractivity contribution in [1.29, 1.82) is 0 Å².